The third kappa shape index (κ3) is 3.75. The van der Waals surface area contributed by atoms with E-state index < -0.39 is 0 Å². The first-order valence-corrected chi connectivity index (χ1v) is 9.86. The highest BCUT2D eigenvalue weighted by atomic mass is 16.5. The lowest BCUT2D eigenvalue weighted by Crippen LogP contribution is -2.16. The fourth-order valence-corrected chi connectivity index (χ4v) is 3.44. The molecule has 1 atom stereocenters. The maximum atomic E-state index is 6.20. The van der Waals surface area contributed by atoms with Crippen molar-refractivity contribution in [3.63, 3.8) is 0 Å². The summed E-state index contributed by atoms with van der Waals surface area (Å²) in [5.74, 6) is 3.01. The summed E-state index contributed by atoms with van der Waals surface area (Å²) in [6, 6.07) is 5.42. The number of fused-ring (bicyclic) bond motifs is 1. The first-order chi connectivity index (χ1) is 15.1. The van der Waals surface area contributed by atoms with Crippen LogP contribution in [-0.4, -0.2) is 60.9 Å². The molecule has 4 aromatic heterocycles. The number of ether oxygens (including phenoxy) is 3. The van der Waals surface area contributed by atoms with Crippen LogP contribution in [-0.2, 0) is 18.8 Å². The van der Waals surface area contributed by atoms with E-state index in [4.69, 9.17) is 19.2 Å². The van der Waals surface area contributed by atoms with Crippen LogP contribution in [0.2, 0.25) is 0 Å². The minimum atomic E-state index is 0.0205. The summed E-state index contributed by atoms with van der Waals surface area (Å²) in [6.45, 7) is 1.29. The van der Waals surface area contributed by atoms with Crippen LogP contribution in [0.15, 0.2) is 30.6 Å². The molecular formula is C20H22N8O3. The van der Waals surface area contributed by atoms with Gasteiger partial charge in [0, 0.05) is 44.9 Å². The summed E-state index contributed by atoms with van der Waals surface area (Å²) in [5, 5.41) is 13.0. The molecule has 0 amide bonds. The van der Waals surface area contributed by atoms with Crippen LogP contribution in [0.3, 0.4) is 0 Å². The third-order valence-corrected chi connectivity index (χ3v) is 5.05. The molecule has 0 spiro atoms. The van der Waals surface area contributed by atoms with Crippen molar-refractivity contribution in [3.05, 3.63) is 30.6 Å². The highest BCUT2D eigenvalue weighted by Crippen LogP contribution is 2.31. The van der Waals surface area contributed by atoms with E-state index in [2.05, 4.69) is 25.5 Å². The Morgan fingerprint density at radius 3 is 2.90 bits per heavy atom. The zero-order chi connectivity index (χ0) is 21.4. The van der Waals surface area contributed by atoms with Crippen LogP contribution in [0.25, 0.3) is 22.6 Å². The number of methoxy groups -OCH3 is 1. The number of pyridine rings is 1. The summed E-state index contributed by atoms with van der Waals surface area (Å²) in [7, 11) is 5.25. The standard InChI is InChI=1S/C20H22N8O3/c1-27-17(8-14(26-27)19-21-6-4-18(25-19)29-3)23-16-9-15(31-12-5-7-30-11-12)13-10-22-28(2)20(13)24-16/h4,6,8-10,12H,5,7,11H2,1-3H3,(H,23,24). The monoisotopic (exact) mass is 422 g/mol. The van der Waals surface area contributed by atoms with Gasteiger partial charge in [-0.25, -0.2) is 9.97 Å². The second kappa shape index (κ2) is 7.84. The van der Waals surface area contributed by atoms with Gasteiger partial charge in [-0.05, 0) is 0 Å². The highest BCUT2D eigenvalue weighted by Gasteiger charge is 2.21. The van der Waals surface area contributed by atoms with Crippen LogP contribution in [0, 0.1) is 0 Å². The number of hydrogen-bond donors (Lipinski definition) is 1. The predicted octanol–water partition coefficient (Wildman–Crippen LogP) is 2.08. The molecule has 5 heterocycles. The minimum Gasteiger partial charge on any atom is -0.487 e. The van der Waals surface area contributed by atoms with Gasteiger partial charge in [-0.1, -0.05) is 0 Å². The fourth-order valence-electron chi connectivity index (χ4n) is 3.44. The summed E-state index contributed by atoms with van der Waals surface area (Å²) in [5.41, 5.74) is 1.34. The number of aromatic nitrogens is 7. The normalized spacial score (nSPS) is 16.0. The van der Waals surface area contributed by atoms with Crippen LogP contribution < -0.4 is 14.8 Å². The molecule has 1 aliphatic rings. The Morgan fingerprint density at radius 1 is 1.19 bits per heavy atom. The Bertz CT molecular complexity index is 1230. The second-order valence-corrected chi connectivity index (χ2v) is 7.20. The van der Waals surface area contributed by atoms with Gasteiger partial charge in [0.2, 0.25) is 5.88 Å². The molecule has 1 aliphatic heterocycles. The molecule has 0 radical (unpaired) electrons. The van der Waals surface area contributed by atoms with Gasteiger partial charge in [-0.3, -0.25) is 9.36 Å². The molecule has 31 heavy (non-hydrogen) atoms. The third-order valence-electron chi connectivity index (χ3n) is 5.05. The predicted molar refractivity (Wildman–Crippen MR) is 112 cm³/mol. The van der Waals surface area contributed by atoms with Crippen molar-refractivity contribution in [1.82, 2.24) is 34.5 Å². The smallest absolute Gasteiger partial charge is 0.216 e. The van der Waals surface area contributed by atoms with Crippen molar-refractivity contribution in [2.45, 2.75) is 12.5 Å². The van der Waals surface area contributed by atoms with Gasteiger partial charge in [0.15, 0.2) is 11.5 Å². The second-order valence-electron chi connectivity index (χ2n) is 7.20. The van der Waals surface area contributed by atoms with Crippen molar-refractivity contribution in [2.24, 2.45) is 14.1 Å². The number of nitrogens with zero attached hydrogens (tertiary/aromatic N) is 7. The van der Waals surface area contributed by atoms with Gasteiger partial charge in [-0.2, -0.15) is 15.2 Å². The fraction of sp³-hybridized carbons (Fsp3) is 0.350. The molecule has 5 rings (SSSR count). The van der Waals surface area contributed by atoms with E-state index in [0.717, 1.165) is 29.0 Å². The average molecular weight is 422 g/mol. The van der Waals surface area contributed by atoms with Crippen LogP contribution >= 0.6 is 0 Å². The first kappa shape index (κ1) is 19.2. The van der Waals surface area contributed by atoms with Gasteiger partial charge in [0.25, 0.3) is 0 Å². The molecule has 11 heteroatoms. The van der Waals surface area contributed by atoms with Gasteiger partial charge in [-0.15, -0.1) is 0 Å². The zero-order valence-electron chi connectivity index (χ0n) is 17.4. The van der Waals surface area contributed by atoms with Crippen molar-refractivity contribution < 1.29 is 14.2 Å². The van der Waals surface area contributed by atoms with Gasteiger partial charge >= 0.3 is 0 Å². The number of aryl methyl sites for hydroxylation is 2. The van der Waals surface area contributed by atoms with Gasteiger partial charge in [0.1, 0.15) is 29.2 Å². The van der Waals surface area contributed by atoms with E-state index in [1.807, 2.05) is 26.2 Å². The first-order valence-electron chi connectivity index (χ1n) is 9.86. The van der Waals surface area contributed by atoms with Gasteiger partial charge < -0.3 is 19.5 Å². The summed E-state index contributed by atoms with van der Waals surface area (Å²) in [6.07, 6.45) is 4.28. The Labute approximate surface area is 178 Å². The molecule has 1 fully saturated rings. The van der Waals surface area contributed by atoms with Crippen LogP contribution in [0.5, 0.6) is 11.6 Å². The molecule has 1 N–H and O–H groups in total. The Balaban J connectivity index is 1.47. The summed E-state index contributed by atoms with van der Waals surface area (Å²) in [4.78, 5) is 13.3. The Hall–Kier alpha value is -3.73. The largest absolute Gasteiger partial charge is 0.487 e. The molecule has 11 nitrogen and oxygen atoms in total. The summed E-state index contributed by atoms with van der Waals surface area (Å²) >= 11 is 0. The SMILES string of the molecule is COc1ccnc(-c2cc(Nc3cc(OC4CCOC4)c4cnn(C)c4n3)n(C)n2)n1. The average Bonchev–Trinajstić information content (AvgIpc) is 3.51. The highest BCUT2D eigenvalue weighted by molar-refractivity contribution is 5.84. The van der Waals surface area contributed by atoms with Gasteiger partial charge in [0.05, 0.1) is 31.9 Å². The van der Waals surface area contributed by atoms with Crippen molar-refractivity contribution in [1.29, 1.82) is 0 Å². The number of anilines is 2. The molecule has 0 aliphatic carbocycles. The maximum Gasteiger partial charge on any atom is 0.216 e. The lowest BCUT2D eigenvalue weighted by atomic mass is 10.3. The number of nitrogens with one attached hydrogen (secondary N) is 1. The molecule has 160 valence electrons. The van der Waals surface area contributed by atoms with Crippen molar-refractivity contribution in [2.75, 3.05) is 25.6 Å². The Morgan fingerprint density at radius 2 is 2.10 bits per heavy atom. The lowest BCUT2D eigenvalue weighted by Gasteiger charge is -2.14. The van der Waals surface area contributed by atoms with Crippen molar-refractivity contribution >= 4 is 22.7 Å². The van der Waals surface area contributed by atoms with E-state index in [1.54, 1.807) is 34.9 Å². The molecule has 0 aromatic carbocycles. The van der Waals surface area contributed by atoms with E-state index in [1.165, 1.54) is 0 Å². The lowest BCUT2D eigenvalue weighted by molar-refractivity contribution is 0.142. The molecule has 1 saturated heterocycles. The molecule has 0 bridgehead atoms. The Kier molecular flexibility index (Phi) is 4.86. The number of hydrogen-bond acceptors (Lipinski definition) is 9. The van der Waals surface area contributed by atoms with E-state index in [9.17, 15) is 0 Å². The van der Waals surface area contributed by atoms with Crippen LogP contribution in [0.1, 0.15) is 6.42 Å². The number of rotatable bonds is 6. The summed E-state index contributed by atoms with van der Waals surface area (Å²) < 4.78 is 20.2. The van der Waals surface area contributed by atoms with E-state index in [-0.39, 0.29) is 6.10 Å². The molecule has 4 aromatic rings. The topological polar surface area (TPSA) is 114 Å². The van der Waals surface area contributed by atoms with Crippen LogP contribution in [0.4, 0.5) is 11.6 Å². The minimum absolute atomic E-state index is 0.0205. The molecule has 0 saturated carbocycles. The molecule has 1 unspecified atom stereocenters. The molecular weight excluding hydrogens is 400 g/mol. The maximum absolute atomic E-state index is 6.20. The van der Waals surface area contributed by atoms with Crippen molar-refractivity contribution in [3.8, 4) is 23.1 Å². The van der Waals surface area contributed by atoms with E-state index >= 15 is 0 Å². The zero-order valence-corrected chi connectivity index (χ0v) is 17.4. The van der Waals surface area contributed by atoms with E-state index in [0.29, 0.717) is 36.4 Å². The quantitative estimate of drug-likeness (QED) is 0.499.